The van der Waals surface area contributed by atoms with Crippen molar-refractivity contribution in [3.63, 3.8) is 0 Å². The molecule has 0 spiro atoms. The molecule has 1 aliphatic heterocycles. The molecule has 0 aromatic heterocycles. The molecule has 1 aromatic carbocycles. The van der Waals surface area contributed by atoms with Gasteiger partial charge in [-0.05, 0) is 37.4 Å². The summed E-state index contributed by atoms with van der Waals surface area (Å²) in [5, 5.41) is 3.37. The van der Waals surface area contributed by atoms with Crippen LogP contribution in [0.2, 0.25) is 0 Å². The van der Waals surface area contributed by atoms with Crippen molar-refractivity contribution in [2.75, 3.05) is 19.6 Å². The Labute approximate surface area is 124 Å². The number of nitrogens with one attached hydrogen (secondary N) is 1. The number of carbonyl (C=O) groups is 1. The molecule has 3 nitrogen and oxygen atoms in total. The van der Waals surface area contributed by atoms with E-state index in [1.165, 1.54) is 12.1 Å². The van der Waals surface area contributed by atoms with Gasteiger partial charge in [0.15, 0.2) is 0 Å². The van der Waals surface area contributed by atoms with Crippen LogP contribution in [0.4, 0.5) is 8.78 Å². The number of rotatable bonds is 6. The highest BCUT2D eigenvalue weighted by atomic mass is 19.1. The summed E-state index contributed by atoms with van der Waals surface area (Å²) in [6, 6.07) is 3.69. The molecule has 1 saturated heterocycles. The number of halogens is 2. The zero-order chi connectivity index (χ0) is 15.2. The second kappa shape index (κ2) is 7.50. The Morgan fingerprint density at radius 3 is 2.86 bits per heavy atom. The molecular formula is C16H22F2N2O. The standard InChI is InChI=1S/C16H22F2N2O/c1-2-8-20(11-14-4-3-7-19-14)16(21)9-12-5-6-13(17)10-15(12)18/h5-6,10,14,19H,2-4,7-9,11H2,1H3. The van der Waals surface area contributed by atoms with E-state index in [1.54, 1.807) is 4.90 Å². The highest BCUT2D eigenvalue weighted by Crippen LogP contribution is 2.13. The molecule has 1 aliphatic rings. The van der Waals surface area contributed by atoms with Crippen LogP contribution in [0.3, 0.4) is 0 Å². The van der Waals surface area contributed by atoms with Gasteiger partial charge in [0.25, 0.3) is 0 Å². The van der Waals surface area contributed by atoms with Crippen molar-refractivity contribution in [3.8, 4) is 0 Å². The van der Waals surface area contributed by atoms with Crippen molar-refractivity contribution >= 4 is 5.91 Å². The summed E-state index contributed by atoms with van der Waals surface area (Å²) in [4.78, 5) is 14.1. The van der Waals surface area contributed by atoms with Gasteiger partial charge in [-0.25, -0.2) is 8.78 Å². The maximum absolute atomic E-state index is 13.6. The number of benzene rings is 1. The first-order valence-corrected chi connectivity index (χ1v) is 7.55. The minimum absolute atomic E-state index is 0.0150. The second-order valence-corrected chi connectivity index (χ2v) is 5.55. The van der Waals surface area contributed by atoms with Crippen LogP contribution in [0.1, 0.15) is 31.7 Å². The molecule has 1 atom stereocenters. The van der Waals surface area contributed by atoms with Crippen molar-refractivity contribution in [3.05, 3.63) is 35.4 Å². The van der Waals surface area contributed by atoms with Gasteiger partial charge < -0.3 is 10.2 Å². The third-order valence-electron chi connectivity index (χ3n) is 3.81. The quantitative estimate of drug-likeness (QED) is 0.875. The molecule has 1 amide bonds. The molecule has 21 heavy (non-hydrogen) atoms. The molecule has 0 radical (unpaired) electrons. The van der Waals surface area contributed by atoms with Crippen molar-refractivity contribution < 1.29 is 13.6 Å². The summed E-state index contributed by atoms with van der Waals surface area (Å²) in [6.07, 6.45) is 3.05. The summed E-state index contributed by atoms with van der Waals surface area (Å²) in [5.41, 5.74) is 0.252. The number of carbonyl (C=O) groups excluding carboxylic acids is 1. The first-order chi connectivity index (χ1) is 10.1. The van der Waals surface area contributed by atoms with Gasteiger partial charge in [0.2, 0.25) is 5.91 Å². The molecule has 1 heterocycles. The molecular weight excluding hydrogens is 274 g/mol. The average molecular weight is 296 g/mol. The first kappa shape index (κ1) is 15.9. The third-order valence-corrected chi connectivity index (χ3v) is 3.81. The van der Waals surface area contributed by atoms with Crippen LogP contribution in [0.15, 0.2) is 18.2 Å². The minimum atomic E-state index is -0.654. The first-order valence-electron chi connectivity index (χ1n) is 7.55. The Bertz CT molecular complexity index is 487. The SMILES string of the molecule is CCCN(CC1CCCN1)C(=O)Cc1ccc(F)cc1F. The third kappa shape index (κ3) is 4.49. The molecule has 0 aliphatic carbocycles. The summed E-state index contributed by atoms with van der Waals surface area (Å²) in [6.45, 7) is 4.33. The number of hydrogen-bond acceptors (Lipinski definition) is 2. The van der Waals surface area contributed by atoms with E-state index < -0.39 is 11.6 Å². The summed E-state index contributed by atoms with van der Waals surface area (Å²) in [5.74, 6) is -1.38. The van der Waals surface area contributed by atoms with E-state index in [2.05, 4.69) is 5.32 Å². The Kier molecular flexibility index (Phi) is 5.67. The van der Waals surface area contributed by atoms with Gasteiger partial charge in [0.05, 0.1) is 6.42 Å². The predicted octanol–water partition coefficient (Wildman–Crippen LogP) is 2.50. The van der Waals surface area contributed by atoms with E-state index in [0.717, 1.165) is 31.9 Å². The Balaban J connectivity index is 1.99. The van der Waals surface area contributed by atoms with Gasteiger partial charge in [-0.3, -0.25) is 4.79 Å². The van der Waals surface area contributed by atoms with E-state index in [-0.39, 0.29) is 17.9 Å². The highest BCUT2D eigenvalue weighted by molar-refractivity contribution is 5.78. The van der Waals surface area contributed by atoms with Crippen molar-refractivity contribution in [2.24, 2.45) is 0 Å². The number of hydrogen-bond donors (Lipinski definition) is 1. The molecule has 0 bridgehead atoms. The lowest BCUT2D eigenvalue weighted by atomic mass is 10.1. The fraction of sp³-hybridized carbons (Fsp3) is 0.562. The van der Waals surface area contributed by atoms with E-state index in [4.69, 9.17) is 0 Å². The lowest BCUT2D eigenvalue weighted by Gasteiger charge is -2.25. The van der Waals surface area contributed by atoms with Gasteiger partial charge in [-0.15, -0.1) is 0 Å². The monoisotopic (exact) mass is 296 g/mol. The van der Waals surface area contributed by atoms with Gasteiger partial charge in [-0.1, -0.05) is 13.0 Å². The van der Waals surface area contributed by atoms with Gasteiger partial charge in [0.1, 0.15) is 11.6 Å². The smallest absolute Gasteiger partial charge is 0.227 e. The minimum Gasteiger partial charge on any atom is -0.341 e. The Morgan fingerprint density at radius 1 is 1.43 bits per heavy atom. The van der Waals surface area contributed by atoms with E-state index >= 15 is 0 Å². The van der Waals surface area contributed by atoms with E-state index in [1.807, 2.05) is 6.92 Å². The van der Waals surface area contributed by atoms with Crippen LogP contribution in [0, 0.1) is 11.6 Å². The fourth-order valence-corrected chi connectivity index (χ4v) is 2.71. The Morgan fingerprint density at radius 2 is 2.24 bits per heavy atom. The van der Waals surface area contributed by atoms with Crippen LogP contribution >= 0.6 is 0 Å². The maximum Gasteiger partial charge on any atom is 0.227 e. The van der Waals surface area contributed by atoms with Crippen LogP contribution in [-0.4, -0.2) is 36.5 Å². The topological polar surface area (TPSA) is 32.3 Å². The van der Waals surface area contributed by atoms with Gasteiger partial charge in [-0.2, -0.15) is 0 Å². The maximum atomic E-state index is 13.6. The van der Waals surface area contributed by atoms with Crippen molar-refractivity contribution in [1.29, 1.82) is 0 Å². The lowest BCUT2D eigenvalue weighted by Crippen LogP contribution is -2.42. The van der Waals surface area contributed by atoms with E-state index in [0.29, 0.717) is 19.1 Å². The number of amides is 1. The molecule has 1 unspecified atom stereocenters. The zero-order valence-corrected chi connectivity index (χ0v) is 12.4. The van der Waals surface area contributed by atoms with Gasteiger partial charge in [0, 0.05) is 25.2 Å². The van der Waals surface area contributed by atoms with Crippen LogP contribution in [-0.2, 0) is 11.2 Å². The normalized spacial score (nSPS) is 18.0. The Hall–Kier alpha value is -1.49. The molecule has 1 N–H and O–H groups in total. The molecule has 1 fully saturated rings. The molecule has 1 aromatic rings. The summed E-state index contributed by atoms with van der Waals surface area (Å²) >= 11 is 0. The lowest BCUT2D eigenvalue weighted by molar-refractivity contribution is -0.130. The molecule has 2 rings (SSSR count). The summed E-state index contributed by atoms with van der Waals surface area (Å²) in [7, 11) is 0. The van der Waals surface area contributed by atoms with Crippen LogP contribution in [0.5, 0.6) is 0 Å². The zero-order valence-electron chi connectivity index (χ0n) is 12.4. The van der Waals surface area contributed by atoms with Crippen molar-refractivity contribution in [2.45, 2.75) is 38.6 Å². The molecule has 0 saturated carbocycles. The molecule has 116 valence electrons. The number of nitrogens with zero attached hydrogens (tertiary/aromatic N) is 1. The van der Waals surface area contributed by atoms with E-state index in [9.17, 15) is 13.6 Å². The molecule has 5 heteroatoms. The average Bonchev–Trinajstić information content (AvgIpc) is 2.94. The highest BCUT2D eigenvalue weighted by Gasteiger charge is 2.21. The van der Waals surface area contributed by atoms with Crippen LogP contribution in [0.25, 0.3) is 0 Å². The predicted molar refractivity (Wildman–Crippen MR) is 78.0 cm³/mol. The largest absolute Gasteiger partial charge is 0.341 e. The fourth-order valence-electron chi connectivity index (χ4n) is 2.71. The van der Waals surface area contributed by atoms with Gasteiger partial charge >= 0.3 is 0 Å². The van der Waals surface area contributed by atoms with Crippen molar-refractivity contribution in [1.82, 2.24) is 10.2 Å². The van der Waals surface area contributed by atoms with Crippen LogP contribution < -0.4 is 5.32 Å². The summed E-state index contributed by atoms with van der Waals surface area (Å²) < 4.78 is 26.5. The second-order valence-electron chi connectivity index (χ2n) is 5.55.